The van der Waals surface area contributed by atoms with Gasteiger partial charge in [0.1, 0.15) is 0 Å². The van der Waals surface area contributed by atoms with E-state index in [1.807, 2.05) is 0 Å². The van der Waals surface area contributed by atoms with Gasteiger partial charge < -0.3 is 0 Å². The molecule has 0 bridgehead atoms. The Morgan fingerprint density at radius 2 is 1.21 bits per heavy atom. The third kappa shape index (κ3) is 9.93. The van der Waals surface area contributed by atoms with Crippen molar-refractivity contribution in [1.29, 1.82) is 0 Å². The first kappa shape index (κ1) is 26.3. The molecule has 1 aliphatic rings. The van der Waals surface area contributed by atoms with E-state index in [0.29, 0.717) is 0 Å². The zero-order valence-corrected chi connectivity index (χ0v) is 21.8. The lowest BCUT2D eigenvalue weighted by Crippen LogP contribution is -2.15. The third-order valence-corrected chi connectivity index (χ3v) is 7.52. The van der Waals surface area contributed by atoms with Gasteiger partial charge in [-0.3, -0.25) is 0 Å². The van der Waals surface area contributed by atoms with Gasteiger partial charge in [-0.2, -0.15) is 0 Å². The van der Waals surface area contributed by atoms with Crippen molar-refractivity contribution in [3.63, 3.8) is 0 Å². The molecule has 0 nitrogen and oxygen atoms in total. The number of unbranched alkanes of at least 4 members (excludes halogenated alkanes) is 3. The van der Waals surface area contributed by atoms with Crippen molar-refractivity contribution >= 4 is 0 Å². The SMILES string of the molecule is CC/C=C/CCCCc1ccc(C#Cc2ccc(CCC3CCC(CCCC)CC3)cc2)cc1. The maximum Gasteiger partial charge on any atom is 0.0249 e. The van der Waals surface area contributed by atoms with Crippen LogP contribution in [0.3, 0.4) is 0 Å². The first-order valence-corrected chi connectivity index (χ1v) is 14.1. The Kier molecular flexibility index (Phi) is 12.1. The number of allylic oxidation sites excluding steroid dienone is 2. The molecule has 0 spiro atoms. The standard InChI is InChI=1S/C34H46/c1-3-5-7-8-9-10-12-30-15-19-32(20-16-30)22-24-34-27-25-33(26-28-34)23-21-31-17-13-29(14-18-31)11-6-4-2/h5,7,15-16,19-20,25-29,31H,3-4,6,8-14,17-18,21,23H2,1-2H3/b7-5+. The molecule has 0 atom stereocenters. The molecule has 0 saturated heterocycles. The molecule has 0 amide bonds. The third-order valence-electron chi connectivity index (χ3n) is 7.52. The van der Waals surface area contributed by atoms with Gasteiger partial charge in [0.2, 0.25) is 0 Å². The Balaban J connectivity index is 1.38. The van der Waals surface area contributed by atoms with Crippen LogP contribution in [-0.2, 0) is 12.8 Å². The molecule has 0 radical (unpaired) electrons. The number of hydrogen-bond donors (Lipinski definition) is 0. The Bertz CT molecular complexity index is 880. The first-order chi connectivity index (χ1) is 16.8. The van der Waals surface area contributed by atoms with Gasteiger partial charge in [-0.1, -0.05) is 107 Å². The van der Waals surface area contributed by atoms with Gasteiger partial charge in [0.15, 0.2) is 0 Å². The highest BCUT2D eigenvalue weighted by Gasteiger charge is 2.20. The van der Waals surface area contributed by atoms with E-state index in [9.17, 15) is 0 Å². The topological polar surface area (TPSA) is 0 Å². The summed E-state index contributed by atoms with van der Waals surface area (Å²) in [7, 11) is 0. The minimum atomic E-state index is 0.943. The number of hydrogen-bond acceptors (Lipinski definition) is 0. The molecule has 3 rings (SSSR count). The lowest BCUT2D eigenvalue weighted by Gasteiger charge is -2.28. The summed E-state index contributed by atoms with van der Waals surface area (Å²) >= 11 is 0. The molecule has 0 aromatic heterocycles. The van der Waals surface area contributed by atoms with Crippen molar-refractivity contribution < 1.29 is 0 Å². The van der Waals surface area contributed by atoms with Crippen molar-refractivity contribution in [3.05, 3.63) is 82.9 Å². The predicted molar refractivity (Wildman–Crippen MR) is 149 cm³/mol. The van der Waals surface area contributed by atoms with E-state index in [-0.39, 0.29) is 0 Å². The van der Waals surface area contributed by atoms with Crippen LogP contribution in [0, 0.1) is 23.7 Å². The fourth-order valence-electron chi connectivity index (χ4n) is 5.20. The molecule has 0 unspecified atom stereocenters. The molecule has 182 valence electrons. The molecule has 2 aromatic rings. The van der Waals surface area contributed by atoms with Crippen molar-refractivity contribution in [2.24, 2.45) is 11.8 Å². The second-order valence-electron chi connectivity index (χ2n) is 10.3. The fraction of sp³-hybridized carbons (Fsp3) is 0.529. The van der Waals surface area contributed by atoms with Gasteiger partial charge in [-0.15, -0.1) is 0 Å². The molecule has 0 aliphatic heterocycles. The molecule has 0 N–H and O–H groups in total. The number of benzene rings is 2. The zero-order valence-electron chi connectivity index (χ0n) is 21.8. The minimum absolute atomic E-state index is 0.943. The summed E-state index contributed by atoms with van der Waals surface area (Å²) in [6.07, 6.45) is 23.3. The van der Waals surface area contributed by atoms with Gasteiger partial charge in [0.05, 0.1) is 0 Å². The van der Waals surface area contributed by atoms with Gasteiger partial charge in [-0.05, 0) is 92.2 Å². The summed E-state index contributed by atoms with van der Waals surface area (Å²) in [5.74, 6) is 8.65. The van der Waals surface area contributed by atoms with Crippen molar-refractivity contribution in [2.75, 3.05) is 0 Å². The summed E-state index contributed by atoms with van der Waals surface area (Å²) in [5.41, 5.74) is 5.11. The molecular formula is C34H46. The molecule has 0 heterocycles. The van der Waals surface area contributed by atoms with Crippen LogP contribution >= 0.6 is 0 Å². The van der Waals surface area contributed by atoms with Crippen molar-refractivity contribution in [1.82, 2.24) is 0 Å². The van der Waals surface area contributed by atoms with Crippen molar-refractivity contribution in [3.8, 4) is 11.8 Å². The lowest BCUT2D eigenvalue weighted by atomic mass is 9.78. The van der Waals surface area contributed by atoms with Crippen LogP contribution in [-0.4, -0.2) is 0 Å². The molecule has 1 aliphatic carbocycles. The molecule has 1 fully saturated rings. The van der Waals surface area contributed by atoms with Crippen LogP contribution in [0.15, 0.2) is 60.7 Å². The number of aryl methyl sites for hydroxylation is 2. The fourth-order valence-corrected chi connectivity index (χ4v) is 5.20. The van der Waals surface area contributed by atoms with E-state index in [1.165, 1.54) is 88.2 Å². The van der Waals surface area contributed by atoms with Crippen LogP contribution < -0.4 is 0 Å². The highest BCUT2D eigenvalue weighted by Crippen LogP contribution is 2.34. The van der Waals surface area contributed by atoms with E-state index < -0.39 is 0 Å². The zero-order chi connectivity index (χ0) is 23.8. The Morgan fingerprint density at radius 3 is 1.76 bits per heavy atom. The summed E-state index contributed by atoms with van der Waals surface area (Å²) in [6.45, 7) is 4.51. The summed E-state index contributed by atoms with van der Waals surface area (Å²) in [5, 5.41) is 0. The lowest BCUT2D eigenvalue weighted by molar-refractivity contribution is 0.250. The van der Waals surface area contributed by atoms with Crippen LogP contribution in [0.2, 0.25) is 0 Å². The maximum absolute atomic E-state index is 3.35. The largest absolute Gasteiger partial charge is 0.0888 e. The van der Waals surface area contributed by atoms with Gasteiger partial charge in [0, 0.05) is 11.1 Å². The van der Waals surface area contributed by atoms with E-state index in [0.717, 1.165) is 35.8 Å². The van der Waals surface area contributed by atoms with E-state index >= 15 is 0 Å². The summed E-state index contributed by atoms with van der Waals surface area (Å²) in [6, 6.07) is 17.8. The maximum atomic E-state index is 3.35. The Labute approximate surface area is 210 Å². The van der Waals surface area contributed by atoms with Gasteiger partial charge >= 0.3 is 0 Å². The summed E-state index contributed by atoms with van der Waals surface area (Å²) < 4.78 is 0. The summed E-state index contributed by atoms with van der Waals surface area (Å²) in [4.78, 5) is 0. The van der Waals surface area contributed by atoms with Crippen LogP contribution in [0.1, 0.15) is 113 Å². The molecule has 2 aromatic carbocycles. The van der Waals surface area contributed by atoms with Crippen LogP contribution in [0.5, 0.6) is 0 Å². The average Bonchev–Trinajstić information content (AvgIpc) is 2.89. The Hall–Kier alpha value is -2.26. The monoisotopic (exact) mass is 454 g/mol. The first-order valence-electron chi connectivity index (χ1n) is 14.1. The smallest absolute Gasteiger partial charge is 0.0249 e. The van der Waals surface area contributed by atoms with Crippen LogP contribution in [0.25, 0.3) is 0 Å². The van der Waals surface area contributed by atoms with Gasteiger partial charge in [-0.25, -0.2) is 0 Å². The van der Waals surface area contributed by atoms with Crippen LogP contribution in [0.4, 0.5) is 0 Å². The minimum Gasteiger partial charge on any atom is -0.0888 e. The average molecular weight is 455 g/mol. The Morgan fingerprint density at radius 1 is 0.647 bits per heavy atom. The normalized spacial score (nSPS) is 18.1. The predicted octanol–water partition coefficient (Wildman–Crippen LogP) is 9.69. The molecule has 1 saturated carbocycles. The highest BCUT2D eigenvalue weighted by molar-refractivity contribution is 5.44. The number of rotatable bonds is 12. The van der Waals surface area contributed by atoms with E-state index in [4.69, 9.17) is 0 Å². The molecule has 0 heteroatoms. The second kappa shape index (κ2) is 15.6. The second-order valence-corrected chi connectivity index (χ2v) is 10.3. The van der Waals surface area contributed by atoms with Crippen molar-refractivity contribution in [2.45, 2.75) is 104 Å². The quantitative estimate of drug-likeness (QED) is 0.170. The van der Waals surface area contributed by atoms with Gasteiger partial charge in [0.25, 0.3) is 0 Å². The molecule has 34 heavy (non-hydrogen) atoms. The molecular weight excluding hydrogens is 408 g/mol. The van der Waals surface area contributed by atoms with E-state index in [1.54, 1.807) is 0 Å². The highest BCUT2D eigenvalue weighted by atomic mass is 14.3. The van der Waals surface area contributed by atoms with E-state index in [2.05, 4.69) is 86.4 Å².